The number of carbonyl (C=O) groups excluding carboxylic acids is 1. The van der Waals surface area contributed by atoms with Crippen molar-refractivity contribution in [1.82, 2.24) is 10.3 Å². The van der Waals surface area contributed by atoms with E-state index in [0.29, 0.717) is 24.0 Å². The van der Waals surface area contributed by atoms with Gasteiger partial charge in [0.05, 0.1) is 0 Å². The predicted molar refractivity (Wildman–Crippen MR) is 68.5 cm³/mol. The van der Waals surface area contributed by atoms with E-state index in [-0.39, 0.29) is 5.91 Å². The Balaban J connectivity index is 2.57. The lowest BCUT2D eigenvalue weighted by molar-refractivity contribution is 0.0941. The van der Waals surface area contributed by atoms with Crippen molar-refractivity contribution in [2.75, 3.05) is 12.0 Å². The van der Waals surface area contributed by atoms with E-state index in [1.807, 2.05) is 0 Å². The minimum absolute atomic E-state index is 0.158. The zero-order chi connectivity index (χ0) is 12.7. The quantitative estimate of drug-likeness (QED) is 0.517. The highest BCUT2D eigenvalue weighted by Gasteiger charge is 2.10. The van der Waals surface area contributed by atoms with E-state index in [9.17, 15) is 4.79 Å². The molecule has 0 saturated heterocycles. The Hall–Kier alpha value is -1.62. The summed E-state index contributed by atoms with van der Waals surface area (Å²) in [6, 6.07) is 5.12. The summed E-state index contributed by atoms with van der Waals surface area (Å²) in [5, 5.41) is 2.88. The van der Waals surface area contributed by atoms with Gasteiger partial charge in [0, 0.05) is 6.54 Å². The minimum Gasteiger partial charge on any atom is -0.350 e. The van der Waals surface area contributed by atoms with Gasteiger partial charge in [0.15, 0.2) is 0 Å². The summed E-state index contributed by atoms with van der Waals surface area (Å²) in [4.78, 5) is 15.9. The third-order valence-corrected chi connectivity index (χ3v) is 2.84. The molecule has 0 saturated carbocycles. The molecule has 0 unspecified atom stereocenters. The summed E-state index contributed by atoms with van der Waals surface area (Å²) in [6.45, 7) is 4.93. The van der Waals surface area contributed by atoms with Crippen molar-refractivity contribution in [2.24, 2.45) is 11.8 Å². The smallest absolute Gasteiger partial charge is 0.269 e. The standard InChI is InChI=1S/C12H20N4O/c1-3-9(4-2)8-14-12(17)10-6-5-7-11(15-10)16-13/h5-7,9H,3-4,8,13H2,1-2H3,(H,14,17)(H,15,16). The molecule has 4 N–H and O–H groups in total. The van der Waals surface area contributed by atoms with Gasteiger partial charge < -0.3 is 10.7 Å². The number of hydrogen-bond donors (Lipinski definition) is 3. The fourth-order valence-corrected chi connectivity index (χ4v) is 1.55. The van der Waals surface area contributed by atoms with Crippen LogP contribution in [0.3, 0.4) is 0 Å². The molecule has 1 aromatic rings. The van der Waals surface area contributed by atoms with Crippen LogP contribution >= 0.6 is 0 Å². The molecule has 0 fully saturated rings. The lowest BCUT2D eigenvalue weighted by Crippen LogP contribution is -2.29. The lowest BCUT2D eigenvalue weighted by atomic mass is 10.0. The Morgan fingerprint density at radius 3 is 2.71 bits per heavy atom. The van der Waals surface area contributed by atoms with Crippen molar-refractivity contribution in [3.63, 3.8) is 0 Å². The van der Waals surface area contributed by atoms with Gasteiger partial charge in [0.25, 0.3) is 5.91 Å². The van der Waals surface area contributed by atoms with Gasteiger partial charge in [0.1, 0.15) is 11.5 Å². The summed E-state index contributed by atoms with van der Waals surface area (Å²) < 4.78 is 0. The van der Waals surface area contributed by atoms with Gasteiger partial charge in [-0.2, -0.15) is 0 Å². The zero-order valence-corrected chi connectivity index (χ0v) is 10.4. The molecular formula is C12H20N4O. The van der Waals surface area contributed by atoms with Gasteiger partial charge in [0.2, 0.25) is 0 Å². The van der Waals surface area contributed by atoms with E-state index < -0.39 is 0 Å². The van der Waals surface area contributed by atoms with Crippen LogP contribution in [0, 0.1) is 5.92 Å². The molecule has 0 aliphatic carbocycles. The topological polar surface area (TPSA) is 80.0 Å². The first kappa shape index (κ1) is 13.4. The number of nitrogens with two attached hydrogens (primary N) is 1. The molecule has 0 aliphatic rings. The highest BCUT2D eigenvalue weighted by atomic mass is 16.1. The number of nitrogens with one attached hydrogen (secondary N) is 2. The van der Waals surface area contributed by atoms with Crippen molar-refractivity contribution >= 4 is 11.7 Å². The second kappa shape index (κ2) is 6.85. The molecule has 1 aromatic heterocycles. The lowest BCUT2D eigenvalue weighted by Gasteiger charge is -2.13. The molecule has 0 spiro atoms. The Bertz CT molecular complexity index is 363. The molecule has 17 heavy (non-hydrogen) atoms. The molecule has 5 nitrogen and oxygen atoms in total. The van der Waals surface area contributed by atoms with E-state index in [1.165, 1.54) is 0 Å². The van der Waals surface area contributed by atoms with Crippen LogP contribution in [0.1, 0.15) is 37.2 Å². The SMILES string of the molecule is CCC(CC)CNC(=O)c1cccc(NN)n1. The maximum Gasteiger partial charge on any atom is 0.269 e. The van der Waals surface area contributed by atoms with E-state index >= 15 is 0 Å². The number of hydrazine groups is 1. The van der Waals surface area contributed by atoms with Crippen molar-refractivity contribution in [1.29, 1.82) is 0 Å². The summed E-state index contributed by atoms with van der Waals surface area (Å²) >= 11 is 0. The van der Waals surface area contributed by atoms with E-state index in [2.05, 4.69) is 29.6 Å². The molecule has 5 heteroatoms. The predicted octanol–water partition coefficient (Wildman–Crippen LogP) is 1.53. The maximum absolute atomic E-state index is 11.8. The van der Waals surface area contributed by atoms with Crippen LogP contribution in [0.15, 0.2) is 18.2 Å². The largest absolute Gasteiger partial charge is 0.350 e. The molecule has 1 rings (SSSR count). The van der Waals surface area contributed by atoms with Crippen LogP contribution in [-0.4, -0.2) is 17.4 Å². The summed E-state index contributed by atoms with van der Waals surface area (Å²) in [5.41, 5.74) is 2.80. The Morgan fingerprint density at radius 1 is 1.41 bits per heavy atom. The Labute approximate surface area is 102 Å². The number of nitrogen functional groups attached to an aromatic ring is 1. The normalized spacial score (nSPS) is 10.4. The van der Waals surface area contributed by atoms with Crippen LogP contribution < -0.4 is 16.6 Å². The Morgan fingerprint density at radius 2 is 2.12 bits per heavy atom. The average molecular weight is 236 g/mol. The first-order chi connectivity index (χ1) is 8.21. The summed E-state index contributed by atoms with van der Waals surface area (Å²) in [5.74, 6) is 6.09. The van der Waals surface area contributed by atoms with Crippen LogP contribution in [0.2, 0.25) is 0 Å². The molecule has 94 valence electrons. The van der Waals surface area contributed by atoms with E-state index in [1.54, 1.807) is 18.2 Å². The first-order valence-corrected chi connectivity index (χ1v) is 5.93. The highest BCUT2D eigenvalue weighted by Crippen LogP contribution is 2.06. The minimum atomic E-state index is -0.158. The Kier molecular flexibility index (Phi) is 5.42. The van der Waals surface area contributed by atoms with Crippen LogP contribution in [0.25, 0.3) is 0 Å². The maximum atomic E-state index is 11.8. The summed E-state index contributed by atoms with van der Waals surface area (Å²) in [7, 11) is 0. The van der Waals surface area contributed by atoms with Crippen LogP contribution in [0.4, 0.5) is 5.82 Å². The first-order valence-electron chi connectivity index (χ1n) is 5.93. The van der Waals surface area contributed by atoms with Gasteiger partial charge in [-0.1, -0.05) is 32.8 Å². The van der Waals surface area contributed by atoms with Gasteiger partial charge in [-0.25, -0.2) is 10.8 Å². The van der Waals surface area contributed by atoms with Gasteiger partial charge in [-0.05, 0) is 18.1 Å². The molecule has 1 amide bonds. The average Bonchev–Trinajstić information content (AvgIpc) is 2.39. The molecule has 1 heterocycles. The van der Waals surface area contributed by atoms with Gasteiger partial charge >= 0.3 is 0 Å². The van der Waals surface area contributed by atoms with Crippen LogP contribution in [0.5, 0.6) is 0 Å². The van der Waals surface area contributed by atoms with Crippen molar-refractivity contribution < 1.29 is 4.79 Å². The zero-order valence-electron chi connectivity index (χ0n) is 10.4. The number of aromatic nitrogens is 1. The molecule has 0 aromatic carbocycles. The number of carbonyl (C=O) groups is 1. The molecule has 0 aliphatic heterocycles. The third-order valence-electron chi connectivity index (χ3n) is 2.84. The van der Waals surface area contributed by atoms with Crippen molar-refractivity contribution in [3.05, 3.63) is 23.9 Å². The molecule has 0 radical (unpaired) electrons. The fraction of sp³-hybridized carbons (Fsp3) is 0.500. The number of amides is 1. The highest BCUT2D eigenvalue weighted by molar-refractivity contribution is 5.92. The monoisotopic (exact) mass is 236 g/mol. The van der Waals surface area contributed by atoms with Gasteiger partial charge in [-0.15, -0.1) is 0 Å². The van der Waals surface area contributed by atoms with Crippen molar-refractivity contribution in [2.45, 2.75) is 26.7 Å². The number of anilines is 1. The number of hydrogen-bond acceptors (Lipinski definition) is 4. The number of nitrogens with zero attached hydrogens (tertiary/aromatic N) is 1. The fourth-order valence-electron chi connectivity index (χ4n) is 1.55. The second-order valence-corrected chi connectivity index (χ2v) is 3.94. The third kappa shape index (κ3) is 4.03. The molecular weight excluding hydrogens is 216 g/mol. The molecule has 0 bridgehead atoms. The molecule has 0 atom stereocenters. The number of pyridine rings is 1. The van der Waals surface area contributed by atoms with Crippen LogP contribution in [-0.2, 0) is 0 Å². The van der Waals surface area contributed by atoms with Gasteiger partial charge in [-0.3, -0.25) is 4.79 Å². The second-order valence-electron chi connectivity index (χ2n) is 3.94. The van der Waals surface area contributed by atoms with E-state index in [0.717, 1.165) is 12.8 Å². The van der Waals surface area contributed by atoms with E-state index in [4.69, 9.17) is 5.84 Å². The number of rotatable bonds is 6. The summed E-state index contributed by atoms with van der Waals surface area (Å²) in [6.07, 6.45) is 2.13. The van der Waals surface area contributed by atoms with Crippen molar-refractivity contribution in [3.8, 4) is 0 Å².